The van der Waals surface area contributed by atoms with Crippen LogP contribution >= 0.6 is 0 Å². The molecular weight excluding hydrogens is 518 g/mol. The number of nitrogens with one attached hydrogen (secondary N) is 3. The summed E-state index contributed by atoms with van der Waals surface area (Å²) in [4.78, 5) is 27.7. The molecule has 0 aliphatic carbocycles. The van der Waals surface area contributed by atoms with Gasteiger partial charge in [0.25, 0.3) is 5.91 Å². The average molecular weight is 556 g/mol. The van der Waals surface area contributed by atoms with Crippen molar-refractivity contribution in [2.45, 2.75) is 44.9 Å². The third-order valence-corrected chi connectivity index (χ3v) is 7.10. The molecule has 1 saturated heterocycles. The van der Waals surface area contributed by atoms with Gasteiger partial charge in [-0.2, -0.15) is 5.26 Å². The van der Waals surface area contributed by atoms with E-state index in [1.807, 2.05) is 43.3 Å². The summed E-state index contributed by atoms with van der Waals surface area (Å²) in [6.07, 6.45) is 0.794. The van der Waals surface area contributed by atoms with Crippen molar-refractivity contribution in [3.63, 3.8) is 0 Å². The summed E-state index contributed by atoms with van der Waals surface area (Å²) in [7, 11) is 1.57. The molecule has 0 spiro atoms. The van der Waals surface area contributed by atoms with Gasteiger partial charge in [0, 0.05) is 55.1 Å². The van der Waals surface area contributed by atoms with Crippen LogP contribution in [0, 0.1) is 11.3 Å². The minimum absolute atomic E-state index is 0.0467. The summed E-state index contributed by atoms with van der Waals surface area (Å²) in [6, 6.07) is 21.8. The number of carbonyl (C=O) groups is 2. The van der Waals surface area contributed by atoms with Gasteiger partial charge in [-0.05, 0) is 61.7 Å². The maximum absolute atomic E-state index is 13.6. The third-order valence-electron chi connectivity index (χ3n) is 7.10. The topological polar surface area (TPSA) is 127 Å². The summed E-state index contributed by atoms with van der Waals surface area (Å²) < 4.78 is 5.41. The second-order valence-corrected chi connectivity index (χ2v) is 10.1. The zero-order chi connectivity index (χ0) is 29.2. The number of ether oxygens (including phenoxy) is 1. The maximum atomic E-state index is 13.6. The van der Waals surface area contributed by atoms with Gasteiger partial charge in [-0.3, -0.25) is 9.59 Å². The molecule has 2 atom stereocenters. The Kier molecular flexibility index (Phi) is 10.3. The van der Waals surface area contributed by atoms with E-state index in [0.717, 1.165) is 23.2 Å². The number of methoxy groups -OCH3 is 1. The molecule has 0 unspecified atom stereocenters. The van der Waals surface area contributed by atoms with Crippen LogP contribution in [0.25, 0.3) is 0 Å². The number of hydrogen-bond donors (Lipinski definition) is 4. The van der Waals surface area contributed by atoms with Crippen molar-refractivity contribution in [3.05, 3.63) is 89.0 Å². The van der Waals surface area contributed by atoms with E-state index in [1.165, 1.54) is 0 Å². The second kappa shape index (κ2) is 14.3. The molecule has 1 aliphatic rings. The molecule has 2 amide bonds. The normalized spacial score (nSPS) is 14.3. The molecule has 1 aliphatic heterocycles. The molecule has 4 N–H and O–H groups in total. The minimum Gasteiger partial charge on any atom is -0.496 e. The van der Waals surface area contributed by atoms with E-state index >= 15 is 0 Å². The van der Waals surface area contributed by atoms with Crippen LogP contribution in [-0.4, -0.2) is 55.8 Å². The molecule has 214 valence electrons. The fraction of sp³-hybridized carbons (Fsp3) is 0.344. The lowest BCUT2D eigenvalue weighted by Crippen LogP contribution is -2.48. The Balaban J connectivity index is 1.51. The van der Waals surface area contributed by atoms with Crippen LogP contribution in [0.2, 0.25) is 0 Å². The van der Waals surface area contributed by atoms with E-state index in [1.54, 1.807) is 42.3 Å². The largest absolute Gasteiger partial charge is 0.496 e. The zero-order valence-electron chi connectivity index (χ0n) is 23.5. The van der Waals surface area contributed by atoms with E-state index in [0.29, 0.717) is 55.0 Å². The van der Waals surface area contributed by atoms with Gasteiger partial charge < -0.3 is 30.7 Å². The Morgan fingerprint density at radius 1 is 1.15 bits per heavy atom. The molecular formula is C32H37N5O4. The van der Waals surface area contributed by atoms with E-state index in [9.17, 15) is 20.0 Å². The molecule has 9 heteroatoms. The number of nitriles is 1. The Bertz CT molecular complexity index is 1390. The second-order valence-electron chi connectivity index (χ2n) is 10.1. The number of nitrogens with zero attached hydrogens (tertiary/aromatic N) is 2. The van der Waals surface area contributed by atoms with E-state index in [-0.39, 0.29) is 18.4 Å². The summed E-state index contributed by atoms with van der Waals surface area (Å²) in [5.74, 6) is 0.361. The molecule has 3 aromatic carbocycles. The predicted octanol–water partition coefficient (Wildman–Crippen LogP) is 3.62. The quantitative estimate of drug-likeness (QED) is 0.254. The van der Waals surface area contributed by atoms with Crippen molar-refractivity contribution in [1.29, 1.82) is 5.26 Å². The monoisotopic (exact) mass is 555 g/mol. The van der Waals surface area contributed by atoms with Gasteiger partial charge in [-0.15, -0.1) is 0 Å². The molecule has 1 fully saturated rings. The lowest BCUT2D eigenvalue weighted by molar-refractivity contribution is -0.117. The van der Waals surface area contributed by atoms with Gasteiger partial charge in [-0.25, -0.2) is 0 Å². The first-order valence-electron chi connectivity index (χ1n) is 13.9. The van der Waals surface area contributed by atoms with E-state index in [4.69, 9.17) is 4.74 Å². The SMILES string of the molecule is CCNc1cc(C(=O)N[C@@H](Cc2ccccc2)[C@H](O)CNCc2cc(C#N)ccc2OC)cc(N2CCCC2=O)c1. The van der Waals surface area contributed by atoms with Crippen LogP contribution in [-0.2, 0) is 17.8 Å². The number of benzene rings is 3. The summed E-state index contributed by atoms with van der Waals surface area (Å²) >= 11 is 0. The lowest BCUT2D eigenvalue weighted by atomic mass is 10.00. The Hall–Kier alpha value is -4.39. The molecule has 4 rings (SSSR count). The third kappa shape index (κ3) is 7.84. The first-order valence-corrected chi connectivity index (χ1v) is 13.9. The number of aliphatic hydroxyl groups excluding tert-OH is 1. The molecule has 1 heterocycles. The van der Waals surface area contributed by atoms with E-state index in [2.05, 4.69) is 22.0 Å². The highest BCUT2D eigenvalue weighted by atomic mass is 16.5. The molecule has 9 nitrogen and oxygen atoms in total. The summed E-state index contributed by atoms with van der Waals surface area (Å²) in [6.45, 7) is 3.83. The van der Waals surface area contributed by atoms with Crippen LogP contribution in [0.3, 0.4) is 0 Å². The molecule has 3 aromatic rings. The molecule has 0 aromatic heterocycles. The average Bonchev–Trinajstić information content (AvgIpc) is 3.43. The number of amides is 2. The van der Waals surface area contributed by atoms with Gasteiger partial charge in [0.05, 0.1) is 30.9 Å². The fourth-order valence-corrected chi connectivity index (χ4v) is 5.01. The predicted molar refractivity (Wildman–Crippen MR) is 159 cm³/mol. The van der Waals surface area contributed by atoms with Crippen molar-refractivity contribution >= 4 is 23.2 Å². The highest BCUT2D eigenvalue weighted by Crippen LogP contribution is 2.27. The summed E-state index contributed by atoms with van der Waals surface area (Å²) in [5.41, 5.74) is 4.15. The van der Waals surface area contributed by atoms with Gasteiger partial charge in [0.1, 0.15) is 5.75 Å². The van der Waals surface area contributed by atoms with Gasteiger partial charge in [-0.1, -0.05) is 30.3 Å². The van der Waals surface area contributed by atoms with Crippen LogP contribution < -0.4 is 25.6 Å². The van der Waals surface area contributed by atoms with Crippen molar-refractivity contribution in [1.82, 2.24) is 10.6 Å². The molecule has 0 saturated carbocycles. The van der Waals surface area contributed by atoms with Crippen LogP contribution in [0.15, 0.2) is 66.7 Å². The fourth-order valence-electron chi connectivity index (χ4n) is 5.01. The number of carbonyl (C=O) groups excluding carboxylic acids is 2. The van der Waals surface area contributed by atoms with Crippen molar-refractivity contribution < 1.29 is 19.4 Å². The highest BCUT2D eigenvalue weighted by molar-refractivity contribution is 6.00. The van der Waals surface area contributed by atoms with Crippen LogP contribution in [0.4, 0.5) is 11.4 Å². The van der Waals surface area contributed by atoms with E-state index < -0.39 is 12.1 Å². The standard InChI is InChI=1S/C32H37N5O4/c1-3-35-26-16-24(17-27(18-26)37-13-7-10-31(37)39)32(40)36-28(15-22-8-5-4-6-9-22)29(38)21-34-20-25-14-23(19-33)11-12-30(25)41-2/h4-6,8-9,11-12,14,16-18,28-29,34-35,38H,3,7,10,13,15,20-21H2,1-2H3,(H,36,40)/t28-,29+/m0/s1. The first kappa shape index (κ1) is 29.6. The zero-order valence-corrected chi connectivity index (χ0v) is 23.5. The number of hydrogen-bond acceptors (Lipinski definition) is 7. The van der Waals surface area contributed by atoms with Crippen molar-refractivity contribution in [2.24, 2.45) is 0 Å². The number of rotatable bonds is 13. The Morgan fingerprint density at radius 3 is 2.63 bits per heavy atom. The Morgan fingerprint density at radius 2 is 1.95 bits per heavy atom. The first-order chi connectivity index (χ1) is 19.9. The van der Waals surface area contributed by atoms with Gasteiger partial charge >= 0.3 is 0 Å². The van der Waals surface area contributed by atoms with Crippen molar-refractivity contribution in [3.8, 4) is 11.8 Å². The molecule has 0 radical (unpaired) electrons. The Labute approximate surface area is 241 Å². The highest BCUT2D eigenvalue weighted by Gasteiger charge is 2.26. The molecule has 0 bridgehead atoms. The smallest absolute Gasteiger partial charge is 0.251 e. The lowest BCUT2D eigenvalue weighted by Gasteiger charge is -2.26. The summed E-state index contributed by atoms with van der Waals surface area (Å²) in [5, 5.41) is 30.0. The number of aliphatic hydroxyl groups is 1. The van der Waals surface area contributed by atoms with Crippen LogP contribution in [0.1, 0.15) is 46.8 Å². The molecule has 41 heavy (non-hydrogen) atoms. The van der Waals surface area contributed by atoms with Gasteiger partial charge in [0.15, 0.2) is 0 Å². The maximum Gasteiger partial charge on any atom is 0.251 e. The van der Waals surface area contributed by atoms with Crippen LogP contribution in [0.5, 0.6) is 5.75 Å². The minimum atomic E-state index is -0.916. The number of anilines is 2. The van der Waals surface area contributed by atoms with Crippen molar-refractivity contribution in [2.75, 3.05) is 37.0 Å². The van der Waals surface area contributed by atoms with Gasteiger partial charge in [0.2, 0.25) is 5.91 Å².